The Labute approximate surface area is 120 Å². The molecule has 0 atom stereocenters. The van der Waals surface area contributed by atoms with Crippen molar-refractivity contribution in [2.24, 2.45) is 0 Å². The van der Waals surface area contributed by atoms with Crippen molar-refractivity contribution < 1.29 is 4.39 Å². The lowest BCUT2D eigenvalue weighted by atomic mass is 10.1. The molecule has 1 aromatic carbocycles. The zero-order chi connectivity index (χ0) is 14.0. The minimum absolute atomic E-state index is 0.0816. The van der Waals surface area contributed by atoms with Gasteiger partial charge in [-0.25, -0.2) is 9.07 Å². The molecule has 2 aromatic rings. The highest BCUT2D eigenvalue weighted by atomic mass is 79.9. The molecule has 0 saturated carbocycles. The van der Waals surface area contributed by atoms with Crippen LogP contribution in [0.5, 0.6) is 0 Å². The van der Waals surface area contributed by atoms with Gasteiger partial charge in [-0.05, 0) is 54.9 Å². The average molecular weight is 327 g/mol. The molecule has 6 heteroatoms. The topological polar surface area (TPSA) is 42.7 Å². The molecule has 1 N–H and O–H groups in total. The summed E-state index contributed by atoms with van der Waals surface area (Å²) >= 11 is 3.31. The third kappa shape index (κ3) is 3.53. The van der Waals surface area contributed by atoms with Crippen LogP contribution in [0.4, 0.5) is 10.1 Å². The molecule has 2 rings (SSSR count). The van der Waals surface area contributed by atoms with Crippen molar-refractivity contribution in [3.8, 4) is 0 Å². The van der Waals surface area contributed by atoms with E-state index in [1.165, 1.54) is 12.1 Å². The largest absolute Gasteiger partial charge is 0.378 e. The fourth-order valence-corrected chi connectivity index (χ4v) is 2.02. The van der Waals surface area contributed by atoms with Crippen molar-refractivity contribution in [3.63, 3.8) is 0 Å². The molecule has 19 heavy (non-hydrogen) atoms. The molecule has 0 bridgehead atoms. The lowest BCUT2D eigenvalue weighted by molar-refractivity contribution is 0.347. The lowest BCUT2D eigenvalue weighted by Gasteiger charge is -2.17. The summed E-state index contributed by atoms with van der Waals surface area (Å²) in [4.78, 5) is 0. The van der Waals surface area contributed by atoms with Crippen LogP contribution in [0.2, 0.25) is 0 Å². The van der Waals surface area contributed by atoms with Crippen LogP contribution < -0.4 is 5.32 Å². The molecule has 1 heterocycles. The summed E-state index contributed by atoms with van der Waals surface area (Å²) in [6, 6.07) is 4.53. The van der Waals surface area contributed by atoms with Gasteiger partial charge in [-0.1, -0.05) is 5.21 Å². The van der Waals surface area contributed by atoms with Crippen LogP contribution >= 0.6 is 15.9 Å². The number of aromatic nitrogens is 3. The van der Waals surface area contributed by atoms with Gasteiger partial charge in [-0.3, -0.25) is 0 Å². The second kappa shape index (κ2) is 5.28. The van der Waals surface area contributed by atoms with E-state index in [0.29, 0.717) is 11.0 Å². The summed E-state index contributed by atoms with van der Waals surface area (Å²) in [5.41, 5.74) is 1.58. The van der Waals surface area contributed by atoms with Gasteiger partial charge in [-0.2, -0.15) is 0 Å². The van der Waals surface area contributed by atoms with Crippen molar-refractivity contribution in [2.75, 3.05) is 5.32 Å². The molecular formula is C13H16BrFN4. The number of nitrogens with zero attached hydrogens (tertiary/aromatic N) is 3. The molecule has 1 aromatic heterocycles. The molecule has 0 unspecified atom stereocenters. The van der Waals surface area contributed by atoms with Crippen molar-refractivity contribution in [1.82, 2.24) is 15.0 Å². The standard InChI is InChI=1S/C13H16BrFN4/c1-13(2,3)19-8-10(17-18-19)7-16-12-5-4-9(15)6-11(12)14/h4-6,8,16H,7H2,1-3H3. The van der Waals surface area contributed by atoms with Crippen LogP contribution in [0.25, 0.3) is 0 Å². The summed E-state index contributed by atoms with van der Waals surface area (Å²) in [6.07, 6.45) is 1.91. The monoisotopic (exact) mass is 326 g/mol. The minimum Gasteiger partial charge on any atom is -0.378 e. The second-order valence-electron chi connectivity index (χ2n) is 5.30. The molecule has 4 nitrogen and oxygen atoms in total. The van der Waals surface area contributed by atoms with Crippen molar-refractivity contribution in [1.29, 1.82) is 0 Å². The molecule has 0 spiro atoms. The predicted octanol–water partition coefficient (Wildman–Crippen LogP) is 3.55. The van der Waals surface area contributed by atoms with Gasteiger partial charge in [0, 0.05) is 10.2 Å². The third-order valence-corrected chi connectivity index (χ3v) is 3.28. The molecule has 0 aliphatic carbocycles. The van der Waals surface area contributed by atoms with Crippen molar-refractivity contribution >= 4 is 21.6 Å². The van der Waals surface area contributed by atoms with Crippen LogP contribution in [0.1, 0.15) is 26.5 Å². The first-order valence-corrected chi connectivity index (χ1v) is 6.76. The van der Waals surface area contributed by atoms with Crippen LogP contribution in [0, 0.1) is 5.82 Å². The number of benzene rings is 1. The number of hydrogen-bond donors (Lipinski definition) is 1. The van der Waals surface area contributed by atoms with E-state index in [9.17, 15) is 4.39 Å². The molecule has 102 valence electrons. The van der Waals surface area contributed by atoms with Crippen molar-refractivity contribution in [3.05, 3.63) is 40.4 Å². The summed E-state index contributed by atoms with van der Waals surface area (Å²) in [6.45, 7) is 6.74. The summed E-state index contributed by atoms with van der Waals surface area (Å²) in [5, 5.41) is 11.4. The van der Waals surface area contributed by atoms with Gasteiger partial charge in [-0.15, -0.1) is 5.10 Å². The molecule has 0 radical (unpaired) electrons. The third-order valence-electron chi connectivity index (χ3n) is 2.62. The van der Waals surface area contributed by atoms with Gasteiger partial charge < -0.3 is 5.32 Å². The quantitative estimate of drug-likeness (QED) is 0.937. The van der Waals surface area contributed by atoms with E-state index >= 15 is 0 Å². The summed E-state index contributed by atoms with van der Waals surface area (Å²) in [5.74, 6) is -0.267. The van der Waals surface area contributed by atoms with Gasteiger partial charge in [0.1, 0.15) is 11.5 Å². The van der Waals surface area contributed by atoms with E-state index in [2.05, 4.69) is 52.3 Å². The van der Waals surface area contributed by atoms with E-state index in [4.69, 9.17) is 0 Å². The molecular weight excluding hydrogens is 311 g/mol. The van der Waals surface area contributed by atoms with Crippen LogP contribution in [-0.4, -0.2) is 15.0 Å². The van der Waals surface area contributed by atoms with E-state index in [0.717, 1.165) is 11.4 Å². The zero-order valence-electron chi connectivity index (χ0n) is 11.1. The first kappa shape index (κ1) is 14.0. The normalized spacial score (nSPS) is 11.6. The summed E-state index contributed by atoms with van der Waals surface area (Å²) < 4.78 is 15.5. The Morgan fingerprint density at radius 2 is 2.11 bits per heavy atom. The molecule has 0 fully saturated rings. The smallest absolute Gasteiger partial charge is 0.124 e. The van der Waals surface area contributed by atoms with Gasteiger partial charge in [0.15, 0.2) is 0 Å². The molecule has 0 saturated heterocycles. The maximum Gasteiger partial charge on any atom is 0.124 e. The van der Waals surface area contributed by atoms with E-state index in [1.807, 2.05) is 10.9 Å². The Morgan fingerprint density at radius 3 is 2.68 bits per heavy atom. The highest BCUT2D eigenvalue weighted by Gasteiger charge is 2.14. The Hall–Kier alpha value is -1.43. The lowest BCUT2D eigenvalue weighted by Crippen LogP contribution is -2.22. The minimum atomic E-state index is -0.267. The van der Waals surface area contributed by atoms with Crippen LogP contribution in [0.15, 0.2) is 28.9 Å². The summed E-state index contributed by atoms with van der Waals surface area (Å²) in [7, 11) is 0. The van der Waals surface area contributed by atoms with E-state index in [1.54, 1.807) is 6.07 Å². The SMILES string of the molecule is CC(C)(C)n1cc(CNc2ccc(F)cc2Br)nn1. The van der Waals surface area contributed by atoms with Crippen LogP contribution in [-0.2, 0) is 12.1 Å². The molecule has 0 amide bonds. The number of hydrogen-bond acceptors (Lipinski definition) is 3. The first-order chi connectivity index (χ1) is 8.86. The Morgan fingerprint density at radius 1 is 1.37 bits per heavy atom. The second-order valence-corrected chi connectivity index (χ2v) is 6.16. The molecule has 0 aliphatic rings. The maximum atomic E-state index is 13.0. The highest BCUT2D eigenvalue weighted by molar-refractivity contribution is 9.10. The Bertz CT molecular complexity index is 574. The van der Waals surface area contributed by atoms with E-state index in [-0.39, 0.29) is 11.4 Å². The fourth-order valence-electron chi connectivity index (χ4n) is 1.53. The number of nitrogens with one attached hydrogen (secondary N) is 1. The number of rotatable bonds is 3. The predicted molar refractivity (Wildman–Crippen MR) is 76.4 cm³/mol. The number of anilines is 1. The van der Waals surface area contributed by atoms with Gasteiger partial charge in [0.2, 0.25) is 0 Å². The van der Waals surface area contributed by atoms with E-state index < -0.39 is 0 Å². The maximum absolute atomic E-state index is 13.0. The zero-order valence-corrected chi connectivity index (χ0v) is 12.7. The average Bonchev–Trinajstić information content (AvgIpc) is 2.76. The first-order valence-electron chi connectivity index (χ1n) is 5.97. The Kier molecular flexibility index (Phi) is 3.89. The number of halogens is 2. The fraction of sp³-hybridized carbons (Fsp3) is 0.385. The van der Waals surface area contributed by atoms with Gasteiger partial charge in [0.05, 0.1) is 18.3 Å². The van der Waals surface area contributed by atoms with Crippen molar-refractivity contribution in [2.45, 2.75) is 32.9 Å². The Balaban J connectivity index is 2.04. The van der Waals surface area contributed by atoms with Crippen LogP contribution in [0.3, 0.4) is 0 Å². The molecule has 0 aliphatic heterocycles. The highest BCUT2D eigenvalue weighted by Crippen LogP contribution is 2.23. The van der Waals surface area contributed by atoms with Gasteiger partial charge in [0.25, 0.3) is 0 Å². The van der Waals surface area contributed by atoms with Gasteiger partial charge >= 0.3 is 0 Å².